The number of rotatable bonds is 5. The molecule has 0 amide bonds. The Morgan fingerprint density at radius 2 is 2.10 bits per heavy atom. The van der Waals surface area contributed by atoms with Crippen LogP contribution in [0.4, 0.5) is 0 Å². The lowest BCUT2D eigenvalue weighted by Crippen LogP contribution is -2.57. The highest BCUT2D eigenvalue weighted by atomic mass is 16.6. The van der Waals surface area contributed by atoms with Crippen molar-refractivity contribution in [3.8, 4) is 0 Å². The third-order valence-electron chi connectivity index (χ3n) is 5.02. The number of carbonyl (C=O) groups excluding carboxylic acids is 1. The van der Waals surface area contributed by atoms with E-state index in [0.29, 0.717) is 18.8 Å². The second-order valence-electron chi connectivity index (χ2n) is 7.22. The molecule has 2 unspecified atom stereocenters. The standard InChI is InChI=1S/C16H28O4/c1-10(2)6-7-12-16(4,20-12)14-13(19-5)11(17)8-9-15(14,3)18/h10,12-14,18H,6-9H2,1-5H3/t12?,13-,14+,15+,16?/m0/s1. The SMILES string of the molecule is CO[C@H]1C(=O)CC[C@@](C)(O)[C@@H]1C1(C)OC1CCC(C)C. The molecule has 2 aliphatic rings. The van der Waals surface area contributed by atoms with Gasteiger partial charge in [-0.3, -0.25) is 4.79 Å². The van der Waals surface area contributed by atoms with Gasteiger partial charge >= 0.3 is 0 Å². The highest BCUT2D eigenvalue weighted by Crippen LogP contribution is 2.53. The van der Waals surface area contributed by atoms with Gasteiger partial charge in [-0.05, 0) is 39.0 Å². The number of methoxy groups -OCH3 is 1. The van der Waals surface area contributed by atoms with Crippen molar-refractivity contribution in [3.63, 3.8) is 0 Å². The Morgan fingerprint density at radius 1 is 1.45 bits per heavy atom. The van der Waals surface area contributed by atoms with E-state index in [1.807, 2.05) is 13.8 Å². The Kier molecular flexibility index (Phi) is 4.30. The fourth-order valence-electron chi connectivity index (χ4n) is 3.75. The summed E-state index contributed by atoms with van der Waals surface area (Å²) in [5.41, 5.74) is -1.34. The zero-order valence-electron chi connectivity index (χ0n) is 13.3. The molecular formula is C16H28O4. The molecule has 1 saturated heterocycles. The maximum absolute atomic E-state index is 12.1. The van der Waals surface area contributed by atoms with E-state index >= 15 is 0 Å². The highest BCUT2D eigenvalue weighted by molar-refractivity contribution is 5.85. The number of hydrogen-bond donors (Lipinski definition) is 1. The summed E-state index contributed by atoms with van der Waals surface area (Å²) in [6, 6.07) is 0. The summed E-state index contributed by atoms with van der Waals surface area (Å²) in [5, 5.41) is 10.7. The minimum absolute atomic E-state index is 0.0864. The van der Waals surface area contributed by atoms with Crippen molar-refractivity contribution in [1.29, 1.82) is 0 Å². The smallest absolute Gasteiger partial charge is 0.162 e. The Balaban J connectivity index is 2.13. The van der Waals surface area contributed by atoms with Crippen LogP contribution in [0, 0.1) is 11.8 Å². The van der Waals surface area contributed by atoms with Gasteiger partial charge in [0.2, 0.25) is 0 Å². The minimum Gasteiger partial charge on any atom is -0.390 e. The van der Waals surface area contributed by atoms with Gasteiger partial charge in [-0.2, -0.15) is 0 Å². The molecule has 1 heterocycles. The van der Waals surface area contributed by atoms with Crippen LogP contribution in [-0.2, 0) is 14.3 Å². The molecular weight excluding hydrogens is 256 g/mol. The highest BCUT2D eigenvalue weighted by Gasteiger charge is 2.66. The molecule has 4 heteroatoms. The minimum atomic E-state index is -0.907. The van der Waals surface area contributed by atoms with Crippen molar-refractivity contribution in [3.05, 3.63) is 0 Å². The van der Waals surface area contributed by atoms with Gasteiger partial charge in [-0.25, -0.2) is 0 Å². The average molecular weight is 284 g/mol. The van der Waals surface area contributed by atoms with Crippen LogP contribution in [0.3, 0.4) is 0 Å². The summed E-state index contributed by atoms with van der Waals surface area (Å²) >= 11 is 0. The van der Waals surface area contributed by atoms with E-state index in [4.69, 9.17) is 9.47 Å². The van der Waals surface area contributed by atoms with Gasteiger partial charge in [0.1, 0.15) is 11.7 Å². The van der Waals surface area contributed by atoms with Crippen LogP contribution in [0.25, 0.3) is 0 Å². The maximum atomic E-state index is 12.1. The van der Waals surface area contributed by atoms with Gasteiger partial charge in [0.05, 0.1) is 17.6 Å². The van der Waals surface area contributed by atoms with Crippen molar-refractivity contribution in [2.45, 2.75) is 76.8 Å². The third-order valence-corrected chi connectivity index (χ3v) is 5.02. The fourth-order valence-corrected chi connectivity index (χ4v) is 3.75. The van der Waals surface area contributed by atoms with Crippen LogP contribution in [0.2, 0.25) is 0 Å². The Labute approximate surface area is 121 Å². The monoisotopic (exact) mass is 284 g/mol. The quantitative estimate of drug-likeness (QED) is 0.787. The van der Waals surface area contributed by atoms with Gasteiger partial charge in [0.25, 0.3) is 0 Å². The average Bonchev–Trinajstić information content (AvgIpc) is 3.01. The van der Waals surface area contributed by atoms with E-state index < -0.39 is 17.3 Å². The van der Waals surface area contributed by atoms with Gasteiger partial charge in [0, 0.05) is 13.5 Å². The molecule has 1 aliphatic heterocycles. The summed E-state index contributed by atoms with van der Waals surface area (Å²) < 4.78 is 11.3. The van der Waals surface area contributed by atoms with Gasteiger partial charge in [-0.1, -0.05) is 13.8 Å². The summed E-state index contributed by atoms with van der Waals surface area (Å²) in [7, 11) is 1.55. The van der Waals surface area contributed by atoms with E-state index in [9.17, 15) is 9.90 Å². The Hall–Kier alpha value is -0.450. The first-order valence-corrected chi connectivity index (χ1v) is 7.68. The Morgan fingerprint density at radius 3 is 2.65 bits per heavy atom. The predicted octanol–water partition coefficient (Wildman–Crippen LogP) is 2.33. The van der Waals surface area contributed by atoms with Gasteiger partial charge in [-0.15, -0.1) is 0 Å². The summed E-state index contributed by atoms with van der Waals surface area (Å²) in [5.74, 6) is 0.442. The molecule has 1 N–H and O–H groups in total. The van der Waals surface area contributed by atoms with Crippen molar-refractivity contribution in [2.75, 3.05) is 7.11 Å². The van der Waals surface area contributed by atoms with E-state index in [1.54, 1.807) is 7.11 Å². The normalized spacial score (nSPS) is 45.0. The second-order valence-corrected chi connectivity index (χ2v) is 7.22. The molecule has 116 valence electrons. The lowest BCUT2D eigenvalue weighted by atomic mass is 9.67. The first-order valence-electron chi connectivity index (χ1n) is 7.68. The van der Waals surface area contributed by atoms with E-state index in [1.165, 1.54) is 0 Å². The van der Waals surface area contributed by atoms with E-state index in [2.05, 4.69) is 13.8 Å². The molecule has 2 rings (SSSR count). The second kappa shape index (κ2) is 5.39. The third kappa shape index (κ3) is 2.78. The van der Waals surface area contributed by atoms with Crippen molar-refractivity contribution in [2.24, 2.45) is 11.8 Å². The first kappa shape index (κ1) is 15.9. The van der Waals surface area contributed by atoms with Crippen LogP contribution in [0.5, 0.6) is 0 Å². The molecule has 0 aromatic carbocycles. The van der Waals surface area contributed by atoms with E-state index in [-0.39, 0.29) is 17.8 Å². The molecule has 0 aromatic rings. The van der Waals surface area contributed by atoms with Crippen LogP contribution in [-0.4, -0.2) is 41.4 Å². The number of carbonyl (C=O) groups is 1. The van der Waals surface area contributed by atoms with Gasteiger partial charge < -0.3 is 14.6 Å². The lowest BCUT2D eigenvalue weighted by molar-refractivity contribution is -0.160. The lowest BCUT2D eigenvalue weighted by Gasteiger charge is -2.43. The number of epoxide rings is 1. The van der Waals surface area contributed by atoms with Crippen LogP contribution in [0.15, 0.2) is 0 Å². The maximum Gasteiger partial charge on any atom is 0.162 e. The summed E-state index contributed by atoms with van der Waals surface area (Å²) in [4.78, 5) is 12.1. The molecule has 0 spiro atoms. The fraction of sp³-hybridized carbons (Fsp3) is 0.938. The largest absolute Gasteiger partial charge is 0.390 e. The molecule has 2 fully saturated rings. The molecule has 1 aliphatic carbocycles. The molecule has 0 radical (unpaired) electrons. The number of ether oxygens (including phenoxy) is 2. The molecule has 1 saturated carbocycles. The molecule has 5 atom stereocenters. The zero-order chi connectivity index (χ0) is 15.1. The summed E-state index contributed by atoms with van der Waals surface area (Å²) in [6.45, 7) is 8.21. The summed E-state index contributed by atoms with van der Waals surface area (Å²) in [6.07, 6.45) is 2.53. The molecule has 0 bridgehead atoms. The Bertz CT molecular complexity index is 377. The number of ketones is 1. The predicted molar refractivity (Wildman–Crippen MR) is 76.5 cm³/mol. The zero-order valence-corrected chi connectivity index (χ0v) is 13.3. The topological polar surface area (TPSA) is 59.1 Å². The molecule has 4 nitrogen and oxygen atoms in total. The molecule has 20 heavy (non-hydrogen) atoms. The van der Waals surface area contributed by atoms with Gasteiger partial charge in [0.15, 0.2) is 5.78 Å². The van der Waals surface area contributed by atoms with Crippen molar-refractivity contribution >= 4 is 5.78 Å². The number of aliphatic hydroxyl groups is 1. The van der Waals surface area contributed by atoms with Crippen molar-refractivity contribution in [1.82, 2.24) is 0 Å². The number of Topliss-reactive ketones (excluding diaryl/α,β-unsaturated/α-hetero) is 1. The number of hydrogen-bond acceptors (Lipinski definition) is 4. The van der Waals surface area contributed by atoms with Crippen LogP contribution < -0.4 is 0 Å². The van der Waals surface area contributed by atoms with Crippen molar-refractivity contribution < 1.29 is 19.4 Å². The molecule has 0 aromatic heterocycles. The van der Waals surface area contributed by atoms with Crippen LogP contribution >= 0.6 is 0 Å². The van der Waals surface area contributed by atoms with Crippen LogP contribution in [0.1, 0.15) is 53.4 Å². The van der Waals surface area contributed by atoms with E-state index in [0.717, 1.165) is 12.8 Å². The first-order chi connectivity index (χ1) is 9.22.